The molecule has 0 amide bonds. The van der Waals surface area contributed by atoms with Crippen LogP contribution in [0, 0.1) is 0 Å². The summed E-state index contributed by atoms with van der Waals surface area (Å²) in [6.07, 6.45) is 2.98. The fourth-order valence-corrected chi connectivity index (χ4v) is 1.14. The number of carboxylic acid groups (broad SMARTS) is 1. The third kappa shape index (κ3) is 6.42. The van der Waals surface area contributed by atoms with Crippen molar-refractivity contribution in [2.45, 2.75) is 38.2 Å². The van der Waals surface area contributed by atoms with Crippen molar-refractivity contribution >= 4 is 12.4 Å². The first-order valence-corrected chi connectivity index (χ1v) is 4.74. The number of unbranched alkanes of at least 4 members (excludes halogenated alkanes) is 3. The normalized spacial score (nSPS) is 12.1. The highest BCUT2D eigenvalue weighted by Gasteiger charge is 2.17. The zero-order valence-electron chi connectivity index (χ0n) is 8.15. The van der Waals surface area contributed by atoms with Crippen LogP contribution in [0.25, 0.3) is 0 Å². The highest BCUT2D eigenvalue weighted by Crippen LogP contribution is 2.07. The molecule has 82 valence electrons. The van der Waals surface area contributed by atoms with E-state index in [1.807, 2.05) is 0 Å². The summed E-state index contributed by atoms with van der Waals surface area (Å²) in [5.74, 6) is -1.09. The predicted octanol–water partition coefficient (Wildman–Crippen LogP) is 0.522. The molecule has 0 aliphatic carbocycles. The van der Waals surface area contributed by atoms with Crippen LogP contribution in [0.15, 0.2) is 0 Å². The number of ether oxygens (including phenoxy) is 1. The quantitative estimate of drug-likeness (QED) is 0.421. The Labute approximate surface area is 83.2 Å². The fourth-order valence-electron chi connectivity index (χ4n) is 1.14. The average Bonchev–Trinajstić information content (AvgIpc) is 2.15. The van der Waals surface area contributed by atoms with Crippen molar-refractivity contribution in [3.05, 3.63) is 0 Å². The molecular formula is C9H17NO4. The Bertz CT molecular complexity index is 172. The molecule has 0 bridgehead atoms. The second-order valence-electron chi connectivity index (χ2n) is 3.05. The molecule has 0 rings (SSSR count). The summed E-state index contributed by atoms with van der Waals surface area (Å²) in [6, 6.07) is 0. The number of aliphatic carboxylic acids is 1. The lowest BCUT2D eigenvalue weighted by molar-refractivity contribution is -0.156. The Morgan fingerprint density at radius 3 is 2.50 bits per heavy atom. The molecule has 0 spiro atoms. The van der Waals surface area contributed by atoms with E-state index in [1.165, 1.54) is 0 Å². The van der Waals surface area contributed by atoms with Crippen molar-refractivity contribution in [3.8, 4) is 0 Å². The van der Waals surface area contributed by atoms with Gasteiger partial charge in [0, 0.05) is 0 Å². The lowest BCUT2D eigenvalue weighted by Crippen LogP contribution is -2.23. The van der Waals surface area contributed by atoms with Crippen LogP contribution in [0.2, 0.25) is 0 Å². The van der Waals surface area contributed by atoms with E-state index in [9.17, 15) is 9.59 Å². The van der Waals surface area contributed by atoms with Gasteiger partial charge in [0.15, 0.2) is 6.10 Å². The van der Waals surface area contributed by atoms with E-state index in [-0.39, 0.29) is 6.47 Å². The number of hydrogen-bond donors (Lipinski definition) is 2. The third-order valence-corrected chi connectivity index (χ3v) is 1.92. The summed E-state index contributed by atoms with van der Waals surface area (Å²) >= 11 is 0. The van der Waals surface area contributed by atoms with E-state index >= 15 is 0 Å². The molecule has 3 N–H and O–H groups in total. The molecule has 5 heteroatoms. The zero-order chi connectivity index (χ0) is 10.8. The summed E-state index contributed by atoms with van der Waals surface area (Å²) in [4.78, 5) is 20.5. The van der Waals surface area contributed by atoms with Crippen LogP contribution in [-0.2, 0) is 14.3 Å². The van der Waals surface area contributed by atoms with Crippen LogP contribution >= 0.6 is 0 Å². The first-order chi connectivity index (χ1) is 6.72. The van der Waals surface area contributed by atoms with E-state index in [4.69, 9.17) is 10.8 Å². The Morgan fingerprint density at radius 1 is 1.36 bits per heavy atom. The third-order valence-electron chi connectivity index (χ3n) is 1.92. The van der Waals surface area contributed by atoms with Crippen LogP contribution in [0.5, 0.6) is 0 Å². The van der Waals surface area contributed by atoms with Gasteiger partial charge in [-0.3, -0.25) is 4.79 Å². The van der Waals surface area contributed by atoms with Gasteiger partial charge in [-0.25, -0.2) is 4.79 Å². The minimum atomic E-state index is -1.09. The maximum absolute atomic E-state index is 10.5. The number of hydrogen-bond acceptors (Lipinski definition) is 4. The van der Waals surface area contributed by atoms with Gasteiger partial charge in [-0.2, -0.15) is 0 Å². The molecule has 0 saturated carbocycles. The molecule has 0 aromatic carbocycles. The SMILES string of the molecule is NCCCCCCC(OC=O)C(=O)O. The summed E-state index contributed by atoms with van der Waals surface area (Å²) in [5.41, 5.74) is 5.30. The number of rotatable bonds is 9. The molecule has 0 saturated heterocycles. The number of carbonyl (C=O) groups excluding carboxylic acids is 1. The second-order valence-corrected chi connectivity index (χ2v) is 3.05. The average molecular weight is 203 g/mol. The molecule has 0 fully saturated rings. The first-order valence-electron chi connectivity index (χ1n) is 4.74. The molecule has 1 atom stereocenters. The Balaban J connectivity index is 3.50. The molecule has 0 radical (unpaired) electrons. The minimum Gasteiger partial charge on any atom is -0.479 e. The van der Waals surface area contributed by atoms with Crippen molar-refractivity contribution in [2.75, 3.05) is 6.54 Å². The topological polar surface area (TPSA) is 89.6 Å². The summed E-state index contributed by atoms with van der Waals surface area (Å²) < 4.78 is 4.41. The largest absolute Gasteiger partial charge is 0.479 e. The van der Waals surface area contributed by atoms with Gasteiger partial charge in [0.1, 0.15) is 0 Å². The van der Waals surface area contributed by atoms with Crippen LogP contribution in [0.3, 0.4) is 0 Å². The van der Waals surface area contributed by atoms with Gasteiger partial charge in [0.05, 0.1) is 0 Å². The van der Waals surface area contributed by atoms with Crippen molar-refractivity contribution in [3.63, 3.8) is 0 Å². The molecule has 0 aromatic rings. The van der Waals surface area contributed by atoms with Gasteiger partial charge in [-0.15, -0.1) is 0 Å². The van der Waals surface area contributed by atoms with Gasteiger partial charge in [0.25, 0.3) is 6.47 Å². The number of nitrogens with two attached hydrogens (primary N) is 1. The van der Waals surface area contributed by atoms with Crippen molar-refractivity contribution in [2.24, 2.45) is 5.73 Å². The predicted molar refractivity (Wildman–Crippen MR) is 50.7 cm³/mol. The standard InChI is InChI=1S/C9H17NO4/c10-6-4-2-1-3-5-8(9(12)13)14-7-11/h7-8H,1-6,10H2,(H,12,13). The first kappa shape index (κ1) is 12.9. The zero-order valence-corrected chi connectivity index (χ0v) is 8.15. The Kier molecular flexibility index (Phi) is 7.83. The lowest BCUT2D eigenvalue weighted by Gasteiger charge is -2.09. The van der Waals surface area contributed by atoms with Crippen LogP contribution in [0.1, 0.15) is 32.1 Å². The van der Waals surface area contributed by atoms with Gasteiger partial charge < -0.3 is 15.6 Å². The fraction of sp³-hybridized carbons (Fsp3) is 0.778. The maximum atomic E-state index is 10.5. The van der Waals surface area contributed by atoms with Crippen molar-refractivity contribution < 1.29 is 19.4 Å². The molecule has 5 nitrogen and oxygen atoms in total. The van der Waals surface area contributed by atoms with E-state index in [2.05, 4.69) is 4.74 Å². The highest BCUT2D eigenvalue weighted by molar-refractivity contribution is 5.73. The van der Waals surface area contributed by atoms with Crippen LogP contribution < -0.4 is 5.73 Å². The molecule has 0 aliphatic heterocycles. The van der Waals surface area contributed by atoms with Gasteiger partial charge >= 0.3 is 5.97 Å². The minimum absolute atomic E-state index is 0.179. The van der Waals surface area contributed by atoms with Crippen molar-refractivity contribution in [1.29, 1.82) is 0 Å². The highest BCUT2D eigenvalue weighted by atomic mass is 16.5. The van der Waals surface area contributed by atoms with Gasteiger partial charge in [0.2, 0.25) is 0 Å². The van der Waals surface area contributed by atoms with Gasteiger partial charge in [-0.05, 0) is 25.8 Å². The summed E-state index contributed by atoms with van der Waals surface area (Å²) in [6.45, 7) is 0.839. The van der Waals surface area contributed by atoms with E-state index in [0.29, 0.717) is 13.0 Å². The number of carboxylic acids is 1. The van der Waals surface area contributed by atoms with Gasteiger partial charge in [-0.1, -0.05) is 12.8 Å². The Hall–Kier alpha value is -1.10. The monoisotopic (exact) mass is 203 g/mol. The lowest BCUT2D eigenvalue weighted by atomic mass is 10.1. The van der Waals surface area contributed by atoms with E-state index in [1.54, 1.807) is 0 Å². The Morgan fingerprint density at radius 2 is 2.00 bits per heavy atom. The molecule has 1 unspecified atom stereocenters. The second kappa shape index (κ2) is 8.50. The smallest absolute Gasteiger partial charge is 0.345 e. The van der Waals surface area contributed by atoms with Crippen LogP contribution in [0.4, 0.5) is 0 Å². The van der Waals surface area contributed by atoms with Crippen LogP contribution in [-0.4, -0.2) is 30.2 Å². The molecule has 14 heavy (non-hydrogen) atoms. The maximum Gasteiger partial charge on any atom is 0.345 e. The van der Waals surface area contributed by atoms with Crippen molar-refractivity contribution in [1.82, 2.24) is 0 Å². The summed E-state index contributed by atoms with van der Waals surface area (Å²) in [5, 5.41) is 8.60. The molecular weight excluding hydrogens is 186 g/mol. The van der Waals surface area contributed by atoms with E-state index < -0.39 is 12.1 Å². The number of carbonyl (C=O) groups is 2. The van der Waals surface area contributed by atoms with E-state index in [0.717, 1.165) is 25.7 Å². The molecule has 0 heterocycles. The molecule has 0 aliphatic rings. The molecule has 0 aromatic heterocycles. The summed E-state index contributed by atoms with van der Waals surface area (Å²) in [7, 11) is 0.